The van der Waals surface area contributed by atoms with Crippen LogP contribution < -0.4 is 0 Å². The zero-order valence-corrected chi connectivity index (χ0v) is 26.4. The summed E-state index contributed by atoms with van der Waals surface area (Å²) in [7, 11) is -1.12. The Hall–Kier alpha value is 0.137. The summed E-state index contributed by atoms with van der Waals surface area (Å²) in [5.41, 5.74) is 2.27. The molecule has 0 bridgehead atoms. The predicted octanol–water partition coefficient (Wildman–Crippen LogP) is 10.6. The maximum Gasteiger partial charge on any atom is 0.0598 e. The summed E-state index contributed by atoms with van der Waals surface area (Å²) in [6, 6.07) is 0. The maximum atomic E-state index is 5.87. The summed E-state index contributed by atoms with van der Waals surface area (Å²) in [6.45, 7) is 20.4. The minimum atomic E-state index is -1.12. The first-order valence-corrected chi connectivity index (χ1v) is 18.8. The van der Waals surface area contributed by atoms with Crippen molar-refractivity contribution in [2.24, 2.45) is 11.8 Å². The highest BCUT2D eigenvalue weighted by molar-refractivity contribution is 6.80. The monoisotopic (exact) mass is 508 g/mol. The molecule has 35 heavy (non-hydrogen) atoms. The summed E-state index contributed by atoms with van der Waals surface area (Å²) in [5.74, 6) is 2.08. The Bertz CT molecular complexity index is 511. The van der Waals surface area contributed by atoms with Crippen molar-refractivity contribution in [2.75, 3.05) is 13.2 Å². The molecule has 0 heterocycles. The molecule has 3 heteroatoms. The fourth-order valence-corrected chi connectivity index (χ4v) is 11.3. The quantitative estimate of drug-likeness (QED) is 0.152. The molecule has 4 unspecified atom stereocenters. The van der Waals surface area contributed by atoms with Crippen LogP contribution >= 0.6 is 0 Å². The molecule has 0 N–H and O–H groups in total. The van der Waals surface area contributed by atoms with Crippen LogP contribution in [-0.4, -0.2) is 32.5 Å². The molecule has 4 atom stereocenters. The summed E-state index contributed by atoms with van der Waals surface area (Å²) in [4.78, 5) is 0. The number of ether oxygens (including phenoxy) is 2. The lowest BCUT2D eigenvalue weighted by atomic mass is 9.99. The molecule has 0 spiro atoms. The van der Waals surface area contributed by atoms with Crippen molar-refractivity contribution in [1.82, 2.24) is 0 Å². The van der Waals surface area contributed by atoms with E-state index < -0.39 is 8.07 Å². The van der Waals surface area contributed by atoms with E-state index in [0.29, 0.717) is 0 Å². The lowest BCUT2D eigenvalue weighted by Gasteiger charge is -2.36. The standard InChI is InChI=1S/C32H64O2Si/c1-31(2,3)33-23-15-11-9-13-17-27-19-21-29(25-27)35(7,8)30-22-20-28(26-30)18-14-10-12-16-24-34-32(4,5)6/h27-30H,9-26H2,1-8H3. The number of hydrogen-bond acceptors (Lipinski definition) is 2. The molecule has 2 nitrogen and oxygen atoms in total. The van der Waals surface area contributed by atoms with E-state index in [1.54, 1.807) is 25.7 Å². The fourth-order valence-electron chi connectivity index (χ4n) is 6.89. The smallest absolute Gasteiger partial charge is 0.0598 e. The summed E-state index contributed by atoms with van der Waals surface area (Å²) >= 11 is 0. The highest BCUT2D eigenvalue weighted by atomic mass is 28.3. The minimum Gasteiger partial charge on any atom is -0.376 e. The third kappa shape index (κ3) is 13.0. The van der Waals surface area contributed by atoms with Gasteiger partial charge in [-0.1, -0.05) is 90.1 Å². The largest absolute Gasteiger partial charge is 0.376 e. The van der Waals surface area contributed by atoms with Gasteiger partial charge in [-0.05, 0) is 90.1 Å². The first-order valence-electron chi connectivity index (χ1n) is 15.6. The molecule has 2 saturated carbocycles. The van der Waals surface area contributed by atoms with Crippen LogP contribution in [0.5, 0.6) is 0 Å². The van der Waals surface area contributed by atoms with Gasteiger partial charge >= 0.3 is 0 Å². The van der Waals surface area contributed by atoms with Gasteiger partial charge in [-0.25, -0.2) is 0 Å². The molecule has 0 amide bonds. The fraction of sp³-hybridized carbons (Fsp3) is 1.00. The van der Waals surface area contributed by atoms with E-state index in [9.17, 15) is 0 Å². The first-order chi connectivity index (χ1) is 16.4. The van der Waals surface area contributed by atoms with Crippen LogP contribution in [0.2, 0.25) is 24.2 Å². The van der Waals surface area contributed by atoms with Gasteiger partial charge in [0.25, 0.3) is 0 Å². The van der Waals surface area contributed by atoms with Gasteiger partial charge in [0.05, 0.1) is 19.3 Å². The minimum absolute atomic E-state index is 0.0243. The molecule has 2 aliphatic rings. The Kier molecular flexibility index (Phi) is 13.4. The molecule has 0 aromatic rings. The van der Waals surface area contributed by atoms with Crippen LogP contribution in [0.3, 0.4) is 0 Å². The van der Waals surface area contributed by atoms with E-state index in [2.05, 4.69) is 54.6 Å². The van der Waals surface area contributed by atoms with Crippen molar-refractivity contribution in [3.8, 4) is 0 Å². The zero-order chi connectivity index (χ0) is 26.0. The van der Waals surface area contributed by atoms with Gasteiger partial charge < -0.3 is 9.47 Å². The van der Waals surface area contributed by atoms with E-state index in [4.69, 9.17) is 9.47 Å². The summed E-state index contributed by atoms with van der Waals surface area (Å²) in [6.07, 6.45) is 23.2. The van der Waals surface area contributed by atoms with Crippen LogP contribution in [0.15, 0.2) is 0 Å². The highest BCUT2D eigenvalue weighted by Crippen LogP contribution is 2.53. The molecule has 0 saturated heterocycles. The molecular weight excluding hydrogens is 444 g/mol. The molecule has 0 radical (unpaired) electrons. The van der Waals surface area contributed by atoms with Crippen LogP contribution in [0, 0.1) is 11.8 Å². The topological polar surface area (TPSA) is 18.5 Å². The summed E-state index contributed by atoms with van der Waals surface area (Å²) in [5, 5.41) is 0. The van der Waals surface area contributed by atoms with Crippen LogP contribution in [-0.2, 0) is 9.47 Å². The van der Waals surface area contributed by atoms with Gasteiger partial charge in [-0.15, -0.1) is 0 Å². The van der Waals surface area contributed by atoms with Crippen molar-refractivity contribution < 1.29 is 9.47 Å². The Morgan fingerprint density at radius 1 is 0.543 bits per heavy atom. The van der Waals surface area contributed by atoms with Gasteiger partial charge in [0.15, 0.2) is 0 Å². The van der Waals surface area contributed by atoms with Crippen LogP contribution in [0.25, 0.3) is 0 Å². The van der Waals surface area contributed by atoms with E-state index in [0.717, 1.165) is 36.1 Å². The molecule has 2 aliphatic carbocycles. The molecule has 0 aliphatic heterocycles. The maximum absolute atomic E-state index is 5.87. The van der Waals surface area contributed by atoms with Crippen molar-refractivity contribution in [3.05, 3.63) is 0 Å². The predicted molar refractivity (Wildman–Crippen MR) is 157 cm³/mol. The third-order valence-electron chi connectivity index (χ3n) is 9.27. The van der Waals surface area contributed by atoms with Gasteiger partial charge in [-0.3, -0.25) is 0 Å². The van der Waals surface area contributed by atoms with Crippen LogP contribution in [0.1, 0.15) is 144 Å². The van der Waals surface area contributed by atoms with E-state index in [1.165, 1.54) is 77.0 Å². The number of hydrogen-bond donors (Lipinski definition) is 0. The molecule has 208 valence electrons. The SMILES string of the molecule is CC(C)(C)OCCCCCCC1CCC([Si](C)(C)C2CCC(CCCCCCOC(C)(C)C)C2)C1. The Morgan fingerprint density at radius 2 is 0.914 bits per heavy atom. The lowest BCUT2D eigenvalue weighted by molar-refractivity contribution is -0.00513. The van der Waals surface area contributed by atoms with E-state index in [1.807, 2.05) is 0 Å². The van der Waals surface area contributed by atoms with E-state index in [-0.39, 0.29) is 11.2 Å². The van der Waals surface area contributed by atoms with Gasteiger partial charge in [0.2, 0.25) is 0 Å². The summed E-state index contributed by atoms with van der Waals surface area (Å²) < 4.78 is 11.7. The van der Waals surface area contributed by atoms with Gasteiger partial charge in [0, 0.05) is 13.2 Å². The Labute approximate surface area is 222 Å². The molecular formula is C32H64O2Si. The normalized spacial score (nSPS) is 26.1. The average molecular weight is 509 g/mol. The Morgan fingerprint density at radius 3 is 1.29 bits per heavy atom. The second-order valence-electron chi connectivity index (χ2n) is 14.9. The van der Waals surface area contributed by atoms with Gasteiger partial charge in [0.1, 0.15) is 0 Å². The molecule has 0 aromatic heterocycles. The number of unbranched alkanes of at least 4 members (excludes halogenated alkanes) is 6. The first kappa shape index (κ1) is 31.4. The second-order valence-corrected chi connectivity index (χ2v) is 20.2. The number of rotatable bonds is 16. The molecule has 2 fully saturated rings. The van der Waals surface area contributed by atoms with Gasteiger partial charge in [-0.2, -0.15) is 0 Å². The molecule has 2 rings (SSSR count). The van der Waals surface area contributed by atoms with Crippen molar-refractivity contribution in [1.29, 1.82) is 0 Å². The van der Waals surface area contributed by atoms with E-state index >= 15 is 0 Å². The van der Waals surface area contributed by atoms with Crippen molar-refractivity contribution in [2.45, 2.75) is 180 Å². The average Bonchev–Trinajstić information content (AvgIpc) is 3.41. The lowest BCUT2D eigenvalue weighted by Crippen LogP contribution is -2.36. The molecule has 0 aromatic carbocycles. The Balaban J connectivity index is 1.55. The van der Waals surface area contributed by atoms with Crippen molar-refractivity contribution >= 4 is 8.07 Å². The zero-order valence-electron chi connectivity index (χ0n) is 25.4. The van der Waals surface area contributed by atoms with Crippen LogP contribution in [0.4, 0.5) is 0 Å². The second kappa shape index (κ2) is 14.9. The third-order valence-corrected chi connectivity index (χ3v) is 14.5. The highest BCUT2D eigenvalue weighted by Gasteiger charge is 2.44. The van der Waals surface area contributed by atoms with Crippen molar-refractivity contribution in [3.63, 3.8) is 0 Å².